The lowest BCUT2D eigenvalue weighted by atomic mass is 10.1. The second-order valence-corrected chi connectivity index (χ2v) is 11.9. The average molecular weight is 555 g/mol. The Bertz CT molecular complexity index is 1580. The minimum Gasteiger partial charge on any atom is -0.278 e. The molecule has 0 atom stereocenters. The molecule has 0 saturated heterocycles. The lowest BCUT2D eigenvalue weighted by molar-refractivity contribution is -0.123. The van der Waals surface area contributed by atoms with Crippen LogP contribution < -0.4 is 20.5 Å². The van der Waals surface area contributed by atoms with Gasteiger partial charge in [-0.05, 0) is 58.7 Å². The van der Waals surface area contributed by atoms with Crippen molar-refractivity contribution in [1.29, 1.82) is 0 Å². The summed E-state index contributed by atoms with van der Waals surface area (Å²) in [6.07, 6.45) is 0.509. The number of nitrogens with one attached hydrogen (secondary N) is 4. The molecule has 2 amide bonds. The van der Waals surface area contributed by atoms with E-state index in [4.69, 9.17) is 0 Å². The fraction of sp³-hybridized carbons (Fsp3) is 0.154. The van der Waals surface area contributed by atoms with Gasteiger partial charge in [-0.2, -0.15) is 0 Å². The van der Waals surface area contributed by atoms with Crippen LogP contribution in [-0.2, 0) is 29.6 Å². The van der Waals surface area contributed by atoms with Gasteiger partial charge in [0.25, 0.3) is 20.0 Å². The van der Waals surface area contributed by atoms with Gasteiger partial charge in [0.2, 0.25) is 11.8 Å². The van der Waals surface area contributed by atoms with Gasteiger partial charge in [-0.3, -0.25) is 20.4 Å². The number of rotatable bonds is 11. The first-order valence-corrected chi connectivity index (χ1v) is 14.7. The van der Waals surface area contributed by atoms with E-state index in [0.29, 0.717) is 0 Å². The van der Waals surface area contributed by atoms with Crippen LogP contribution in [0.2, 0.25) is 0 Å². The van der Waals surface area contributed by atoms with E-state index in [1.807, 2.05) is 24.3 Å². The summed E-state index contributed by atoms with van der Waals surface area (Å²) in [5.74, 6) is -1.13. The van der Waals surface area contributed by atoms with Crippen LogP contribution in [0.4, 0.5) is 0 Å². The summed E-state index contributed by atoms with van der Waals surface area (Å²) in [5, 5.41) is 3.28. The summed E-state index contributed by atoms with van der Waals surface area (Å²) in [6, 6.07) is 23.9. The molecular weight excluding hydrogens is 528 g/mol. The van der Waals surface area contributed by atoms with Gasteiger partial charge < -0.3 is 0 Å². The Morgan fingerprint density at radius 1 is 0.526 bits per heavy atom. The molecule has 0 aliphatic heterocycles. The number of fused-ring (bicyclic) bond motifs is 2. The first kappa shape index (κ1) is 27.2. The lowest BCUT2D eigenvalue weighted by Gasteiger charge is -2.10. The molecule has 0 saturated carbocycles. The molecular formula is C26H26N4O6S2. The van der Waals surface area contributed by atoms with Crippen LogP contribution in [-0.4, -0.2) is 28.6 Å². The summed E-state index contributed by atoms with van der Waals surface area (Å²) >= 11 is 0. The highest BCUT2D eigenvalue weighted by atomic mass is 32.2. The van der Waals surface area contributed by atoms with E-state index in [2.05, 4.69) is 20.5 Å². The predicted molar refractivity (Wildman–Crippen MR) is 143 cm³/mol. The highest BCUT2D eigenvalue weighted by Crippen LogP contribution is 2.19. The third-order valence-corrected chi connectivity index (χ3v) is 8.26. The topological polar surface area (TPSA) is 151 Å². The molecule has 0 aliphatic carbocycles. The minimum absolute atomic E-state index is 0.0133. The van der Waals surface area contributed by atoms with Gasteiger partial charge in [0.1, 0.15) is 0 Å². The number of hydrazine groups is 2. The summed E-state index contributed by atoms with van der Waals surface area (Å²) in [4.78, 5) is 28.3. The standard InChI is InChI=1S/C26H26N4O6S2/c31-25(27-29-37(33,34)23-15-13-19-7-1-3-9-21(19)17-23)11-5-6-12-26(32)28-30-38(35,36)24-16-14-20-8-2-4-10-22(20)18-24/h1-4,7-10,13-18,29-30H,5-6,11-12H2,(H,27,31)(H,28,32). The number of amides is 2. The molecule has 0 aliphatic rings. The normalized spacial score (nSPS) is 11.9. The van der Waals surface area contributed by atoms with Crippen LogP contribution >= 0.6 is 0 Å². The van der Waals surface area contributed by atoms with Gasteiger partial charge >= 0.3 is 0 Å². The zero-order chi connectivity index (χ0) is 27.2. The fourth-order valence-corrected chi connectivity index (χ4v) is 5.52. The van der Waals surface area contributed by atoms with E-state index in [9.17, 15) is 26.4 Å². The third kappa shape index (κ3) is 6.92. The van der Waals surface area contributed by atoms with Crippen molar-refractivity contribution in [2.45, 2.75) is 35.5 Å². The van der Waals surface area contributed by atoms with Crippen molar-refractivity contribution >= 4 is 53.4 Å². The van der Waals surface area contributed by atoms with E-state index < -0.39 is 31.9 Å². The summed E-state index contributed by atoms with van der Waals surface area (Å²) < 4.78 is 49.9. The quantitative estimate of drug-likeness (QED) is 0.165. The first-order valence-electron chi connectivity index (χ1n) is 11.7. The van der Waals surface area contributed by atoms with Crippen molar-refractivity contribution in [3.05, 3.63) is 84.9 Å². The van der Waals surface area contributed by atoms with Crippen LogP contribution in [0.5, 0.6) is 0 Å². The van der Waals surface area contributed by atoms with Gasteiger partial charge in [0.15, 0.2) is 0 Å². The zero-order valence-electron chi connectivity index (χ0n) is 20.2. The monoisotopic (exact) mass is 554 g/mol. The molecule has 0 unspecified atom stereocenters. The Balaban J connectivity index is 1.18. The van der Waals surface area contributed by atoms with Gasteiger partial charge in [-0.1, -0.05) is 60.7 Å². The SMILES string of the molecule is O=C(CCCCC(=O)NNS(=O)(=O)c1ccc2ccccc2c1)NNS(=O)(=O)c1ccc2ccccc2c1. The van der Waals surface area contributed by atoms with E-state index in [1.54, 1.807) is 36.4 Å². The molecule has 0 heterocycles. The highest BCUT2D eigenvalue weighted by molar-refractivity contribution is 7.89. The third-order valence-electron chi connectivity index (χ3n) is 5.77. The number of sulfonamides is 2. The first-order chi connectivity index (χ1) is 18.1. The predicted octanol–water partition coefficient (Wildman–Crippen LogP) is 2.87. The lowest BCUT2D eigenvalue weighted by Crippen LogP contribution is -2.42. The molecule has 12 heteroatoms. The Kier molecular flexibility index (Phi) is 8.37. The maximum Gasteiger partial charge on any atom is 0.257 e. The van der Waals surface area contributed by atoms with Gasteiger partial charge in [-0.25, -0.2) is 16.8 Å². The van der Waals surface area contributed by atoms with Gasteiger partial charge in [0.05, 0.1) is 9.79 Å². The van der Waals surface area contributed by atoms with Crippen molar-refractivity contribution in [1.82, 2.24) is 20.5 Å². The number of hydrogen-bond acceptors (Lipinski definition) is 6. The van der Waals surface area contributed by atoms with Gasteiger partial charge in [0, 0.05) is 12.8 Å². The molecule has 0 bridgehead atoms. The van der Waals surface area contributed by atoms with Crippen molar-refractivity contribution in [2.24, 2.45) is 0 Å². The number of benzene rings is 4. The number of carbonyl (C=O) groups is 2. The Morgan fingerprint density at radius 2 is 0.895 bits per heavy atom. The van der Waals surface area contributed by atoms with Crippen molar-refractivity contribution in [3.63, 3.8) is 0 Å². The molecule has 0 fully saturated rings. The van der Waals surface area contributed by atoms with E-state index >= 15 is 0 Å². The molecule has 0 radical (unpaired) electrons. The molecule has 0 aromatic heterocycles. The van der Waals surface area contributed by atoms with E-state index in [1.165, 1.54) is 24.3 Å². The van der Waals surface area contributed by atoms with Crippen molar-refractivity contribution < 1.29 is 26.4 Å². The maximum atomic E-state index is 12.5. The van der Waals surface area contributed by atoms with Crippen LogP contribution in [0, 0.1) is 0 Å². The molecule has 0 spiro atoms. The largest absolute Gasteiger partial charge is 0.278 e. The molecule has 4 aromatic rings. The average Bonchev–Trinajstić information content (AvgIpc) is 2.92. The number of hydrogen-bond donors (Lipinski definition) is 4. The van der Waals surface area contributed by atoms with Gasteiger partial charge in [-0.15, -0.1) is 9.66 Å². The van der Waals surface area contributed by atoms with Crippen molar-refractivity contribution in [3.8, 4) is 0 Å². The number of unbranched alkanes of at least 4 members (excludes halogenated alkanes) is 1. The molecule has 4 aromatic carbocycles. The van der Waals surface area contributed by atoms with Crippen LogP contribution in [0.1, 0.15) is 25.7 Å². The molecule has 4 N–H and O–H groups in total. The Labute approximate surface area is 220 Å². The minimum atomic E-state index is -3.96. The summed E-state index contributed by atoms with van der Waals surface area (Å²) in [7, 11) is -7.92. The highest BCUT2D eigenvalue weighted by Gasteiger charge is 2.17. The molecule has 10 nitrogen and oxygen atoms in total. The fourth-order valence-electron chi connectivity index (χ4n) is 3.73. The summed E-state index contributed by atoms with van der Waals surface area (Å²) in [6.45, 7) is 0. The number of carbonyl (C=O) groups excluding carboxylic acids is 2. The molecule has 4 rings (SSSR count). The van der Waals surface area contributed by atoms with Crippen LogP contribution in [0.15, 0.2) is 94.7 Å². The smallest absolute Gasteiger partial charge is 0.257 e. The maximum absolute atomic E-state index is 12.5. The molecule has 198 valence electrons. The van der Waals surface area contributed by atoms with E-state index in [-0.39, 0.29) is 35.5 Å². The van der Waals surface area contributed by atoms with Crippen LogP contribution in [0.3, 0.4) is 0 Å². The Hall–Kier alpha value is -3.84. The second-order valence-electron chi connectivity index (χ2n) is 8.53. The zero-order valence-corrected chi connectivity index (χ0v) is 21.8. The van der Waals surface area contributed by atoms with Crippen LogP contribution in [0.25, 0.3) is 21.5 Å². The van der Waals surface area contributed by atoms with E-state index in [0.717, 1.165) is 21.5 Å². The Morgan fingerprint density at radius 3 is 1.29 bits per heavy atom. The summed E-state index contributed by atoms with van der Waals surface area (Å²) in [5.41, 5.74) is 4.33. The second kappa shape index (κ2) is 11.7. The molecule has 38 heavy (non-hydrogen) atoms. The van der Waals surface area contributed by atoms with Crippen molar-refractivity contribution in [2.75, 3.05) is 0 Å².